The van der Waals surface area contributed by atoms with E-state index in [-0.39, 0.29) is 29.6 Å². The largest absolute Gasteiger partial charge is 0.493 e. The van der Waals surface area contributed by atoms with Crippen LogP contribution in [0.15, 0.2) is 52.5 Å². The standard InChI is InChI=1S/C22H26N4O5S2/c1-24-18-7-5-4-6-17(18)23-22(24)32-15-21(27)25-10-12-26(13-11-25)33(28,29)16-8-9-19(30-2)20(14-16)31-3/h4-9,14H,10-13,15H2,1-3H3. The molecule has 0 unspecified atom stereocenters. The highest BCUT2D eigenvalue weighted by Gasteiger charge is 2.31. The van der Waals surface area contributed by atoms with Crippen molar-refractivity contribution < 1.29 is 22.7 Å². The number of thioether (sulfide) groups is 1. The normalized spacial score (nSPS) is 15.1. The first-order valence-electron chi connectivity index (χ1n) is 10.4. The predicted octanol–water partition coefficient (Wildman–Crippen LogP) is 2.22. The number of hydrogen-bond donors (Lipinski definition) is 0. The minimum atomic E-state index is -3.70. The van der Waals surface area contributed by atoms with Gasteiger partial charge in [0, 0.05) is 39.3 Å². The third kappa shape index (κ3) is 4.66. The van der Waals surface area contributed by atoms with Gasteiger partial charge in [0.1, 0.15) is 0 Å². The Kier molecular flexibility index (Phi) is 6.82. The minimum absolute atomic E-state index is 0.0322. The summed E-state index contributed by atoms with van der Waals surface area (Å²) in [5.74, 6) is 1.03. The number of fused-ring (bicyclic) bond motifs is 1. The van der Waals surface area contributed by atoms with Crippen molar-refractivity contribution in [1.29, 1.82) is 0 Å². The van der Waals surface area contributed by atoms with Gasteiger partial charge in [-0.3, -0.25) is 4.79 Å². The summed E-state index contributed by atoms with van der Waals surface area (Å²) in [6.45, 7) is 1.15. The lowest BCUT2D eigenvalue weighted by atomic mass is 10.3. The second-order valence-electron chi connectivity index (χ2n) is 7.53. The molecule has 0 atom stereocenters. The number of nitrogens with zero attached hydrogens (tertiary/aromatic N) is 4. The molecule has 1 aliphatic rings. The molecule has 2 aromatic carbocycles. The molecule has 0 bridgehead atoms. The highest BCUT2D eigenvalue weighted by atomic mass is 32.2. The lowest BCUT2D eigenvalue weighted by Gasteiger charge is -2.34. The number of carbonyl (C=O) groups is 1. The van der Waals surface area contributed by atoms with Crippen LogP contribution in [0.25, 0.3) is 11.0 Å². The van der Waals surface area contributed by atoms with Gasteiger partial charge in [-0.2, -0.15) is 4.31 Å². The van der Waals surface area contributed by atoms with Gasteiger partial charge in [0.15, 0.2) is 16.7 Å². The van der Waals surface area contributed by atoms with E-state index in [1.54, 1.807) is 11.0 Å². The molecule has 0 saturated carbocycles. The lowest BCUT2D eigenvalue weighted by molar-refractivity contribution is -0.129. The van der Waals surface area contributed by atoms with Crippen molar-refractivity contribution in [2.45, 2.75) is 10.1 Å². The highest BCUT2D eigenvalue weighted by Crippen LogP contribution is 2.31. The van der Waals surface area contributed by atoms with E-state index in [1.165, 1.54) is 42.4 Å². The summed E-state index contributed by atoms with van der Waals surface area (Å²) in [6, 6.07) is 12.4. The molecule has 1 amide bonds. The Labute approximate surface area is 197 Å². The Hall–Kier alpha value is -2.76. The zero-order chi connectivity index (χ0) is 23.6. The molecule has 3 aromatic rings. The van der Waals surface area contributed by atoms with Crippen molar-refractivity contribution in [3.63, 3.8) is 0 Å². The van der Waals surface area contributed by atoms with Crippen molar-refractivity contribution in [3.05, 3.63) is 42.5 Å². The zero-order valence-electron chi connectivity index (χ0n) is 18.7. The third-order valence-corrected chi connectivity index (χ3v) is 8.56. The molecule has 176 valence electrons. The summed E-state index contributed by atoms with van der Waals surface area (Å²) in [6.07, 6.45) is 0. The summed E-state index contributed by atoms with van der Waals surface area (Å²) >= 11 is 1.39. The molecule has 1 saturated heterocycles. The number of ether oxygens (including phenoxy) is 2. The van der Waals surface area contributed by atoms with Crippen LogP contribution in [0, 0.1) is 0 Å². The van der Waals surface area contributed by atoms with E-state index in [0.717, 1.165) is 16.2 Å². The van der Waals surface area contributed by atoms with Crippen LogP contribution in [0.5, 0.6) is 11.5 Å². The van der Waals surface area contributed by atoms with Crippen molar-refractivity contribution in [2.75, 3.05) is 46.2 Å². The number of piperazine rings is 1. The molecule has 1 aromatic heterocycles. The van der Waals surface area contributed by atoms with Crippen LogP contribution in [0.1, 0.15) is 0 Å². The number of carbonyl (C=O) groups excluding carboxylic acids is 1. The topological polar surface area (TPSA) is 94.0 Å². The summed E-state index contributed by atoms with van der Waals surface area (Å²) in [5.41, 5.74) is 1.91. The van der Waals surface area contributed by atoms with Gasteiger partial charge in [0.05, 0.1) is 35.9 Å². The van der Waals surface area contributed by atoms with E-state index < -0.39 is 10.0 Å². The van der Waals surface area contributed by atoms with Crippen molar-refractivity contribution in [2.24, 2.45) is 7.05 Å². The summed E-state index contributed by atoms with van der Waals surface area (Å²) in [4.78, 5) is 19.2. The SMILES string of the molecule is COc1ccc(S(=O)(=O)N2CCN(C(=O)CSc3nc4ccccc4n3C)CC2)cc1OC. The smallest absolute Gasteiger partial charge is 0.243 e. The zero-order valence-corrected chi connectivity index (χ0v) is 20.4. The Morgan fingerprint density at radius 2 is 1.73 bits per heavy atom. The molecule has 1 aliphatic heterocycles. The number of para-hydroxylation sites is 2. The maximum atomic E-state index is 13.1. The van der Waals surface area contributed by atoms with Gasteiger partial charge in [-0.1, -0.05) is 23.9 Å². The van der Waals surface area contributed by atoms with Gasteiger partial charge >= 0.3 is 0 Å². The third-order valence-electron chi connectivity index (χ3n) is 5.65. The van der Waals surface area contributed by atoms with E-state index in [4.69, 9.17) is 9.47 Å². The molecule has 33 heavy (non-hydrogen) atoms. The van der Waals surface area contributed by atoms with Crippen LogP contribution in [0.2, 0.25) is 0 Å². The number of hydrogen-bond acceptors (Lipinski definition) is 7. The van der Waals surface area contributed by atoms with E-state index in [1.807, 2.05) is 35.9 Å². The van der Waals surface area contributed by atoms with Crippen molar-refractivity contribution >= 4 is 38.7 Å². The van der Waals surface area contributed by atoms with Gasteiger partial charge < -0.3 is 18.9 Å². The van der Waals surface area contributed by atoms with Crippen LogP contribution < -0.4 is 9.47 Å². The molecule has 0 spiro atoms. The quantitative estimate of drug-likeness (QED) is 0.469. The summed E-state index contributed by atoms with van der Waals surface area (Å²) in [7, 11) is 1.19. The summed E-state index contributed by atoms with van der Waals surface area (Å²) < 4.78 is 39.9. The number of amides is 1. The van der Waals surface area contributed by atoms with E-state index in [9.17, 15) is 13.2 Å². The monoisotopic (exact) mass is 490 g/mol. The molecule has 0 aliphatic carbocycles. The fraction of sp³-hybridized carbons (Fsp3) is 0.364. The number of aryl methyl sites for hydroxylation is 1. The van der Waals surface area contributed by atoms with E-state index in [2.05, 4.69) is 4.98 Å². The number of rotatable bonds is 7. The second-order valence-corrected chi connectivity index (χ2v) is 10.4. The van der Waals surface area contributed by atoms with Gasteiger partial charge in [-0.05, 0) is 24.3 Å². The molecule has 4 rings (SSSR count). The summed E-state index contributed by atoms with van der Waals surface area (Å²) in [5, 5.41) is 0.777. The van der Waals surface area contributed by atoms with Crippen LogP contribution in [0.4, 0.5) is 0 Å². The average molecular weight is 491 g/mol. The van der Waals surface area contributed by atoms with Crippen LogP contribution in [0.3, 0.4) is 0 Å². The van der Waals surface area contributed by atoms with Crippen molar-refractivity contribution in [1.82, 2.24) is 18.8 Å². The Balaban J connectivity index is 1.37. The maximum absolute atomic E-state index is 13.1. The fourth-order valence-corrected chi connectivity index (χ4v) is 6.10. The number of methoxy groups -OCH3 is 2. The number of aromatic nitrogens is 2. The van der Waals surface area contributed by atoms with E-state index >= 15 is 0 Å². The van der Waals surface area contributed by atoms with Crippen LogP contribution in [-0.2, 0) is 21.9 Å². The molecule has 11 heteroatoms. The first-order valence-corrected chi connectivity index (χ1v) is 12.8. The first kappa shape index (κ1) is 23.4. The van der Waals surface area contributed by atoms with E-state index in [0.29, 0.717) is 24.6 Å². The molecule has 9 nitrogen and oxygen atoms in total. The Morgan fingerprint density at radius 3 is 2.39 bits per heavy atom. The second kappa shape index (κ2) is 9.62. The highest BCUT2D eigenvalue weighted by molar-refractivity contribution is 7.99. The molecule has 2 heterocycles. The van der Waals surface area contributed by atoms with Gasteiger partial charge in [-0.15, -0.1) is 0 Å². The Bertz CT molecular complexity index is 1270. The van der Waals surface area contributed by atoms with Crippen molar-refractivity contribution in [3.8, 4) is 11.5 Å². The lowest BCUT2D eigenvalue weighted by Crippen LogP contribution is -2.50. The molecule has 1 fully saturated rings. The first-order chi connectivity index (χ1) is 15.8. The van der Waals surface area contributed by atoms with Gasteiger partial charge in [0.25, 0.3) is 0 Å². The van der Waals surface area contributed by atoms with Gasteiger partial charge in [-0.25, -0.2) is 13.4 Å². The van der Waals surface area contributed by atoms with Crippen LogP contribution in [-0.4, -0.2) is 79.2 Å². The predicted molar refractivity (Wildman–Crippen MR) is 126 cm³/mol. The number of sulfonamides is 1. The molecule has 0 N–H and O–H groups in total. The molecular weight excluding hydrogens is 464 g/mol. The van der Waals surface area contributed by atoms with Crippen LogP contribution >= 0.6 is 11.8 Å². The molecular formula is C22H26N4O5S2. The average Bonchev–Trinajstić information content (AvgIpc) is 3.17. The molecule has 0 radical (unpaired) electrons. The Morgan fingerprint density at radius 1 is 1.03 bits per heavy atom. The maximum Gasteiger partial charge on any atom is 0.243 e. The number of imidazole rings is 1. The minimum Gasteiger partial charge on any atom is -0.493 e. The number of benzene rings is 2. The van der Waals surface area contributed by atoms with Gasteiger partial charge in [0.2, 0.25) is 15.9 Å². The fourth-order valence-electron chi connectivity index (χ4n) is 3.77.